The average Bonchev–Trinajstić information content (AvgIpc) is 2.52. The van der Waals surface area contributed by atoms with E-state index in [0.717, 1.165) is 0 Å². The molecule has 0 N–H and O–H groups in total. The smallest absolute Gasteiger partial charge is 0.344 e. The quantitative estimate of drug-likeness (QED) is 0.591. The summed E-state index contributed by atoms with van der Waals surface area (Å²) in [6.45, 7) is 1.67. The van der Waals surface area contributed by atoms with Gasteiger partial charge < -0.3 is 14.2 Å². The lowest BCUT2D eigenvalue weighted by atomic mass is 10.1. The van der Waals surface area contributed by atoms with Gasteiger partial charge in [-0.3, -0.25) is 0 Å². The number of rotatable bonds is 6. The van der Waals surface area contributed by atoms with Gasteiger partial charge in [0.25, 0.3) is 0 Å². The number of carbonyl (C=O) groups excluding carboxylic acids is 1. The minimum Gasteiger partial charge on any atom is -0.493 e. The van der Waals surface area contributed by atoms with E-state index in [4.69, 9.17) is 36.3 Å². The zero-order valence-corrected chi connectivity index (χ0v) is 12.8. The Hall–Kier alpha value is -2.70. The molecule has 0 saturated heterocycles. The Kier molecular flexibility index (Phi) is 6.75. The highest BCUT2D eigenvalue weighted by Gasteiger charge is 2.12. The van der Waals surface area contributed by atoms with E-state index in [1.165, 1.54) is 25.3 Å². The number of methoxy groups -OCH3 is 1. The fraction of sp³-hybridized carbons (Fsp3) is 0.267. The molecule has 1 aromatic carbocycles. The van der Waals surface area contributed by atoms with Crippen molar-refractivity contribution < 1.29 is 19.0 Å². The molecule has 1 rings (SSSR count). The second kappa shape index (κ2) is 8.56. The molecule has 0 aromatic heterocycles. The van der Waals surface area contributed by atoms with Crippen LogP contribution in [0.5, 0.6) is 11.5 Å². The number of halogens is 1. The van der Waals surface area contributed by atoms with Gasteiger partial charge in [-0.2, -0.15) is 10.5 Å². The molecule has 6 nitrogen and oxygen atoms in total. The lowest BCUT2D eigenvalue weighted by Gasteiger charge is -2.12. The zero-order chi connectivity index (χ0) is 16.5. The molecule has 1 aromatic rings. The lowest BCUT2D eigenvalue weighted by molar-refractivity contribution is -0.145. The van der Waals surface area contributed by atoms with Gasteiger partial charge in [0, 0.05) is 6.07 Å². The molecule has 0 heterocycles. The molecule has 0 aliphatic heterocycles. The second-order valence-electron chi connectivity index (χ2n) is 3.90. The van der Waals surface area contributed by atoms with E-state index >= 15 is 0 Å². The molecule has 0 amide bonds. The van der Waals surface area contributed by atoms with Gasteiger partial charge in [-0.15, -0.1) is 0 Å². The number of esters is 1. The van der Waals surface area contributed by atoms with Gasteiger partial charge in [-0.05, 0) is 24.6 Å². The number of nitriles is 2. The maximum atomic E-state index is 11.3. The van der Waals surface area contributed by atoms with Crippen molar-refractivity contribution in [2.75, 3.05) is 20.3 Å². The van der Waals surface area contributed by atoms with E-state index in [0.29, 0.717) is 11.3 Å². The van der Waals surface area contributed by atoms with Crippen molar-refractivity contribution in [2.45, 2.75) is 6.92 Å². The number of allylic oxidation sites excluding steroid dienone is 1. The van der Waals surface area contributed by atoms with E-state index in [2.05, 4.69) is 0 Å². The van der Waals surface area contributed by atoms with Crippen molar-refractivity contribution in [2.24, 2.45) is 0 Å². The summed E-state index contributed by atoms with van der Waals surface area (Å²) < 4.78 is 15.2. The van der Waals surface area contributed by atoms with E-state index in [1.54, 1.807) is 19.1 Å². The Balaban J connectivity index is 3.06. The van der Waals surface area contributed by atoms with Gasteiger partial charge in [-0.1, -0.05) is 11.6 Å². The largest absolute Gasteiger partial charge is 0.493 e. The van der Waals surface area contributed by atoms with Crippen LogP contribution in [-0.2, 0) is 9.53 Å². The second-order valence-corrected chi connectivity index (χ2v) is 4.31. The molecular formula is C15H13ClN2O4. The highest BCUT2D eigenvalue weighted by molar-refractivity contribution is 6.32. The molecule has 0 aliphatic rings. The first-order valence-electron chi connectivity index (χ1n) is 6.23. The number of carbonyl (C=O) groups is 1. The van der Waals surface area contributed by atoms with Crippen LogP contribution >= 0.6 is 11.6 Å². The van der Waals surface area contributed by atoms with Gasteiger partial charge >= 0.3 is 5.97 Å². The van der Waals surface area contributed by atoms with E-state index < -0.39 is 5.97 Å². The molecular weight excluding hydrogens is 308 g/mol. The summed E-state index contributed by atoms with van der Waals surface area (Å²) in [6, 6.07) is 6.44. The summed E-state index contributed by atoms with van der Waals surface area (Å²) in [5.41, 5.74) is 0.337. The number of hydrogen-bond donors (Lipinski definition) is 0. The van der Waals surface area contributed by atoms with Gasteiger partial charge in [0.2, 0.25) is 0 Å². The molecule has 0 spiro atoms. The molecule has 0 saturated carbocycles. The molecule has 0 unspecified atom stereocenters. The van der Waals surface area contributed by atoms with Crippen molar-refractivity contribution >= 4 is 23.6 Å². The Morgan fingerprint density at radius 3 is 2.55 bits per heavy atom. The predicted octanol–water partition coefficient (Wildman–Crippen LogP) is 2.72. The summed E-state index contributed by atoms with van der Waals surface area (Å²) in [7, 11) is 1.42. The van der Waals surface area contributed by atoms with Crippen molar-refractivity contribution in [3.63, 3.8) is 0 Å². The van der Waals surface area contributed by atoms with Crippen LogP contribution in [0, 0.1) is 22.7 Å². The first-order valence-corrected chi connectivity index (χ1v) is 6.61. The minimum absolute atomic E-state index is 0.0934. The van der Waals surface area contributed by atoms with E-state index in [-0.39, 0.29) is 29.6 Å². The Morgan fingerprint density at radius 2 is 2.00 bits per heavy atom. The molecule has 22 heavy (non-hydrogen) atoms. The first-order chi connectivity index (χ1) is 10.5. The van der Waals surface area contributed by atoms with E-state index in [1.807, 2.05) is 0 Å². The maximum absolute atomic E-state index is 11.3. The highest BCUT2D eigenvalue weighted by Crippen LogP contribution is 2.34. The van der Waals surface area contributed by atoms with Crippen LogP contribution in [0.4, 0.5) is 0 Å². The van der Waals surface area contributed by atoms with E-state index in [9.17, 15) is 4.79 Å². The monoisotopic (exact) mass is 320 g/mol. The number of benzene rings is 1. The van der Waals surface area contributed by atoms with Crippen molar-refractivity contribution in [1.82, 2.24) is 0 Å². The lowest BCUT2D eigenvalue weighted by Crippen LogP contribution is -2.14. The summed E-state index contributed by atoms with van der Waals surface area (Å²) in [5.74, 6) is 0.0595. The van der Waals surface area contributed by atoms with Crippen LogP contribution in [0.1, 0.15) is 12.5 Å². The number of nitrogens with zero attached hydrogens (tertiary/aromatic N) is 2. The van der Waals surface area contributed by atoms with Crippen LogP contribution in [0.2, 0.25) is 5.02 Å². The normalized spacial score (nSPS) is 9.14. The van der Waals surface area contributed by atoms with Gasteiger partial charge in [-0.25, -0.2) is 4.79 Å². The van der Waals surface area contributed by atoms with Crippen LogP contribution < -0.4 is 9.47 Å². The average molecular weight is 321 g/mol. The van der Waals surface area contributed by atoms with Crippen molar-refractivity contribution in [3.8, 4) is 23.6 Å². The number of ether oxygens (including phenoxy) is 3. The van der Waals surface area contributed by atoms with Gasteiger partial charge in [0.1, 0.15) is 17.7 Å². The number of hydrogen-bond acceptors (Lipinski definition) is 6. The fourth-order valence-electron chi connectivity index (χ4n) is 1.52. The van der Waals surface area contributed by atoms with Crippen molar-refractivity contribution in [1.29, 1.82) is 10.5 Å². The zero-order valence-electron chi connectivity index (χ0n) is 12.1. The summed E-state index contributed by atoms with van der Waals surface area (Å²) >= 11 is 6.08. The summed E-state index contributed by atoms with van der Waals surface area (Å²) in [4.78, 5) is 11.3. The molecule has 0 aliphatic carbocycles. The minimum atomic E-state index is -0.513. The Morgan fingerprint density at radius 1 is 1.32 bits per heavy atom. The first kappa shape index (κ1) is 17.4. The van der Waals surface area contributed by atoms with Crippen LogP contribution in [0.25, 0.3) is 6.08 Å². The molecule has 7 heteroatoms. The third-order valence-corrected chi connectivity index (χ3v) is 2.80. The van der Waals surface area contributed by atoms with Gasteiger partial charge in [0.15, 0.2) is 18.1 Å². The predicted molar refractivity (Wildman–Crippen MR) is 79.3 cm³/mol. The molecule has 0 bridgehead atoms. The van der Waals surface area contributed by atoms with Crippen LogP contribution in [0.3, 0.4) is 0 Å². The molecule has 0 atom stereocenters. The topological polar surface area (TPSA) is 92.3 Å². The van der Waals surface area contributed by atoms with Crippen LogP contribution in [0.15, 0.2) is 17.7 Å². The molecule has 0 fully saturated rings. The standard InChI is InChI=1S/C15H13ClN2O4/c1-3-21-15(19)9-22-14-6-12(16)11(5-13(14)20-2)4-10(7-17)8-18/h4-6H,3,9H2,1-2H3. The highest BCUT2D eigenvalue weighted by atomic mass is 35.5. The SMILES string of the molecule is CCOC(=O)COc1cc(Cl)c(C=C(C#N)C#N)cc1OC. The molecule has 0 radical (unpaired) electrons. The molecule has 114 valence electrons. The Labute approximate surface area is 133 Å². The van der Waals surface area contributed by atoms with Gasteiger partial charge in [0.05, 0.1) is 18.7 Å². The fourth-order valence-corrected chi connectivity index (χ4v) is 1.73. The van der Waals surface area contributed by atoms with Crippen molar-refractivity contribution in [3.05, 3.63) is 28.3 Å². The summed E-state index contributed by atoms with van der Waals surface area (Å²) in [6.07, 6.45) is 1.33. The van der Waals surface area contributed by atoms with Crippen LogP contribution in [-0.4, -0.2) is 26.3 Å². The summed E-state index contributed by atoms with van der Waals surface area (Å²) in [5, 5.41) is 17.8. The third kappa shape index (κ3) is 4.69. The third-order valence-electron chi connectivity index (χ3n) is 2.47. The Bertz CT molecular complexity index is 655. The maximum Gasteiger partial charge on any atom is 0.344 e.